The van der Waals surface area contributed by atoms with Gasteiger partial charge in [-0.25, -0.2) is 0 Å². The first-order valence-electron chi connectivity index (χ1n) is 4.96. The molecule has 0 aromatic heterocycles. The van der Waals surface area contributed by atoms with E-state index in [0.29, 0.717) is 22.1 Å². The molecule has 0 aliphatic heterocycles. The first-order valence-corrected chi connectivity index (χ1v) is 5.33. The highest BCUT2D eigenvalue weighted by Crippen LogP contribution is 2.32. The lowest BCUT2D eigenvalue weighted by molar-refractivity contribution is 1.07. The third-order valence-electron chi connectivity index (χ3n) is 2.30. The van der Waals surface area contributed by atoms with E-state index in [1.165, 1.54) is 5.01 Å². The van der Waals surface area contributed by atoms with Crippen molar-refractivity contribution in [1.29, 1.82) is 0 Å². The Labute approximate surface area is 104 Å². The van der Waals surface area contributed by atoms with Gasteiger partial charge in [0.25, 0.3) is 0 Å². The fraction of sp³-hybridized carbons (Fsp3) is 0. The predicted molar refractivity (Wildman–Crippen MR) is 70.2 cm³/mol. The van der Waals surface area contributed by atoms with Crippen LogP contribution in [-0.4, -0.2) is 0 Å². The second-order valence-electron chi connectivity index (χ2n) is 3.43. The Morgan fingerprint density at radius 2 is 1.82 bits per heavy atom. The van der Waals surface area contributed by atoms with Gasteiger partial charge in [-0.1, -0.05) is 29.8 Å². The van der Waals surface area contributed by atoms with Crippen LogP contribution in [0.15, 0.2) is 53.8 Å². The molecule has 86 valence electrons. The predicted octanol–water partition coefficient (Wildman–Crippen LogP) is 3.74. The Hall–Kier alpha value is -2.07. The molecule has 0 atom stereocenters. The lowest BCUT2D eigenvalue weighted by atomic mass is 10.2. The molecule has 4 nitrogen and oxygen atoms in total. The van der Waals surface area contributed by atoms with Crippen molar-refractivity contribution in [3.8, 4) is 0 Å². The molecule has 0 amide bonds. The number of para-hydroxylation sites is 1. The number of rotatable bonds is 3. The van der Waals surface area contributed by atoms with Gasteiger partial charge in [0.2, 0.25) is 0 Å². The Balaban J connectivity index is 2.49. The highest BCUT2D eigenvalue weighted by Gasteiger charge is 2.12. The molecule has 0 bridgehead atoms. The van der Waals surface area contributed by atoms with Crippen LogP contribution in [0.4, 0.5) is 17.1 Å². The zero-order valence-electron chi connectivity index (χ0n) is 8.88. The van der Waals surface area contributed by atoms with Gasteiger partial charge < -0.3 is 5.73 Å². The van der Waals surface area contributed by atoms with Gasteiger partial charge in [-0.15, -0.1) is 4.91 Å². The number of nitrogens with two attached hydrogens (primary N) is 1. The Bertz CT molecular complexity index is 531. The third kappa shape index (κ3) is 2.37. The molecular weight excluding hydrogens is 238 g/mol. The molecular formula is C12H10ClN3O. The molecule has 2 N–H and O–H groups in total. The molecule has 0 fully saturated rings. The highest BCUT2D eigenvalue weighted by atomic mass is 35.5. The minimum atomic E-state index is 0.442. The van der Waals surface area contributed by atoms with E-state index in [9.17, 15) is 4.91 Å². The topological polar surface area (TPSA) is 58.7 Å². The molecule has 2 rings (SSSR count). The van der Waals surface area contributed by atoms with Crippen LogP contribution in [0.1, 0.15) is 0 Å². The van der Waals surface area contributed by atoms with Crippen LogP contribution in [0.2, 0.25) is 5.02 Å². The number of halogens is 1. The number of nitrogen functional groups attached to an aromatic ring is 1. The molecule has 17 heavy (non-hydrogen) atoms. The van der Waals surface area contributed by atoms with Crippen molar-refractivity contribution in [2.45, 2.75) is 0 Å². The van der Waals surface area contributed by atoms with E-state index in [1.807, 2.05) is 18.2 Å². The number of hydrogen-bond donors (Lipinski definition) is 1. The van der Waals surface area contributed by atoms with E-state index in [4.69, 9.17) is 17.3 Å². The summed E-state index contributed by atoms with van der Waals surface area (Å²) < 4.78 is 0. The first-order chi connectivity index (χ1) is 8.22. The lowest BCUT2D eigenvalue weighted by Gasteiger charge is -2.17. The summed E-state index contributed by atoms with van der Waals surface area (Å²) >= 11 is 5.88. The first kappa shape index (κ1) is 11.4. The largest absolute Gasteiger partial charge is 0.397 e. The van der Waals surface area contributed by atoms with Crippen molar-refractivity contribution in [2.75, 3.05) is 10.7 Å². The van der Waals surface area contributed by atoms with Crippen molar-refractivity contribution < 1.29 is 0 Å². The fourth-order valence-electron chi connectivity index (χ4n) is 1.50. The minimum Gasteiger partial charge on any atom is -0.397 e. The van der Waals surface area contributed by atoms with Gasteiger partial charge in [0, 0.05) is 5.02 Å². The van der Waals surface area contributed by atoms with E-state index >= 15 is 0 Å². The monoisotopic (exact) mass is 247 g/mol. The molecule has 2 aromatic carbocycles. The number of nitrogens with zero attached hydrogens (tertiary/aromatic N) is 2. The summed E-state index contributed by atoms with van der Waals surface area (Å²) in [6, 6.07) is 13.9. The minimum absolute atomic E-state index is 0.442. The van der Waals surface area contributed by atoms with Gasteiger partial charge in [-0.05, 0) is 30.3 Å². The summed E-state index contributed by atoms with van der Waals surface area (Å²) in [5.74, 6) is 0. The van der Waals surface area contributed by atoms with Crippen molar-refractivity contribution in [2.24, 2.45) is 5.29 Å². The van der Waals surface area contributed by atoms with E-state index in [-0.39, 0.29) is 0 Å². The van der Waals surface area contributed by atoms with Crippen molar-refractivity contribution >= 4 is 28.7 Å². The Kier molecular flexibility index (Phi) is 3.25. The van der Waals surface area contributed by atoms with Crippen LogP contribution in [0.25, 0.3) is 0 Å². The summed E-state index contributed by atoms with van der Waals surface area (Å²) in [6.45, 7) is 0. The number of hydrogen-bond acceptors (Lipinski definition) is 3. The smallest absolute Gasteiger partial charge is 0.0929 e. The lowest BCUT2D eigenvalue weighted by Crippen LogP contribution is -2.09. The zero-order chi connectivity index (χ0) is 12.3. The van der Waals surface area contributed by atoms with Gasteiger partial charge in [0.15, 0.2) is 0 Å². The molecule has 0 saturated carbocycles. The number of benzene rings is 2. The van der Waals surface area contributed by atoms with Crippen LogP contribution < -0.4 is 10.7 Å². The van der Waals surface area contributed by atoms with E-state index in [1.54, 1.807) is 30.3 Å². The van der Waals surface area contributed by atoms with E-state index in [2.05, 4.69) is 5.29 Å². The summed E-state index contributed by atoms with van der Waals surface area (Å²) in [4.78, 5) is 10.9. The molecule has 0 aliphatic carbocycles. The SMILES string of the molecule is Nc1ccc(Cl)cc1N(N=O)c1ccccc1. The molecule has 2 aromatic rings. The van der Waals surface area contributed by atoms with Gasteiger partial charge in [0.1, 0.15) is 0 Å². The standard InChI is InChI=1S/C12H10ClN3O/c13-9-6-7-11(14)12(8-9)16(15-17)10-4-2-1-3-5-10/h1-8H,14H2. The molecule has 5 heteroatoms. The molecule has 0 saturated heterocycles. The normalized spacial score (nSPS) is 9.94. The van der Waals surface area contributed by atoms with Crippen LogP contribution in [0.3, 0.4) is 0 Å². The molecule has 0 aliphatic rings. The average Bonchev–Trinajstić information content (AvgIpc) is 2.36. The number of anilines is 3. The Morgan fingerprint density at radius 1 is 1.12 bits per heavy atom. The summed E-state index contributed by atoms with van der Waals surface area (Å²) in [5, 5.41) is 4.68. The quantitative estimate of drug-likeness (QED) is 0.511. The third-order valence-corrected chi connectivity index (χ3v) is 2.54. The van der Waals surface area contributed by atoms with Crippen molar-refractivity contribution in [3.63, 3.8) is 0 Å². The van der Waals surface area contributed by atoms with Crippen LogP contribution in [0, 0.1) is 4.91 Å². The maximum absolute atomic E-state index is 10.9. The fourth-order valence-corrected chi connectivity index (χ4v) is 1.67. The van der Waals surface area contributed by atoms with Gasteiger partial charge in [-0.3, -0.25) is 0 Å². The molecule has 0 radical (unpaired) electrons. The second kappa shape index (κ2) is 4.84. The molecule has 0 spiro atoms. The highest BCUT2D eigenvalue weighted by molar-refractivity contribution is 6.31. The summed E-state index contributed by atoms with van der Waals surface area (Å²) in [7, 11) is 0. The van der Waals surface area contributed by atoms with E-state index < -0.39 is 0 Å². The number of nitroso groups, excluding NO2 is 1. The van der Waals surface area contributed by atoms with Gasteiger partial charge in [-0.2, -0.15) is 5.01 Å². The van der Waals surface area contributed by atoms with Crippen LogP contribution >= 0.6 is 11.6 Å². The maximum Gasteiger partial charge on any atom is 0.0929 e. The maximum atomic E-state index is 10.9. The van der Waals surface area contributed by atoms with Crippen molar-refractivity contribution in [1.82, 2.24) is 0 Å². The van der Waals surface area contributed by atoms with E-state index in [0.717, 1.165) is 0 Å². The van der Waals surface area contributed by atoms with Crippen LogP contribution in [0.5, 0.6) is 0 Å². The van der Waals surface area contributed by atoms with Crippen molar-refractivity contribution in [3.05, 3.63) is 58.5 Å². The van der Waals surface area contributed by atoms with Gasteiger partial charge >= 0.3 is 0 Å². The Morgan fingerprint density at radius 3 is 2.47 bits per heavy atom. The second-order valence-corrected chi connectivity index (χ2v) is 3.87. The zero-order valence-corrected chi connectivity index (χ0v) is 9.63. The molecule has 0 heterocycles. The van der Waals surface area contributed by atoms with Crippen LogP contribution in [-0.2, 0) is 0 Å². The summed E-state index contributed by atoms with van der Waals surface area (Å²) in [6.07, 6.45) is 0. The molecule has 0 unspecified atom stereocenters. The average molecular weight is 248 g/mol. The van der Waals surface area contributed by atoms with Gasteiger partial charge in [0.05, 0.1) is 22.3 Å². The summed E-state index contributed by atoms with van der Waals surface area (Å²) in [5.41, 5.74) is 7.35.